The molecule has 2 N–H and O–H groups in total. The largest absolute Gasteiger partial charge is 0.355 e. The summed E-state index contributed by atoms with van der Waals surface area (Å²) in [7, 11) is 0. The standard InChI is InChI=1S/C22H22ClN7O3/c23-18-9-5-4-8-17(18)22(31)27-26-20-19(30(32)33)21(25-15-24-20)29-12-10-28(11-13-29)14-16-6-2-1-3-7-16/h1-9,15H,10-14H2,(H,27,31)(H,24,25,26). The minimum atomic E-state index is -0.546. The maximum atomic E-state index is 12.4. The number of nitrogens with one attached hydrogen (secondary N) is 2. The van der Waals surface area contributed by atoms with Crippen LogP contribution in [0.2, 0.25) is 5.02 Å². The van der Waals surface area contributed by atoms with Gasteiger partial charge in [0.25, 0.3) is 5.91 Å². The predicted molar refractivity (Wildman–Crippen MR) is 125 cm³/mol. The number of carbonyl (C=O) groups is 1. The first kappa shape index (κ1) is 22.4. The maximum absolute atomic E-state index is 12.4. The molecule has 1 amide bonds. The Kier molecular flexibility index (Phi) is 6.96. The van der Waals surface area contributed by atoms with Crippen molar-refractivity contribution in [3.05, 3.63) is 87.2 Å². The summed E-state index contributed by atoms with van der Waals surface area (Å²) in [4.78, 5) is 36.0. The fourth-order valence-electron chi connectivity index (χ4n) is 3.65. The van der Waals surface area contributed by atoms with Crippen molar-refractivity contribution in [2.45, 2.75) is 6.54 Å². The van der Waals surface area contributed by atoms with Crippen LogP contribution in [0.5, 0.6) is 0 Å². The molecule has 1 aromatic heterocycles. The number of nitro groups is 1. The van der Waals surface area contributed by atoms with Crippen molar-refractivity contribution in [2.75, 3.05) is 36.5 Å². The number of hydrogen-bond donors (Lipinski definition) is 2. The number of anilines is 2. The molecule has 1 fully saturated rings. The molecule has 4 rings (SSSR count). The van der Waals surface area contributed by atoms with Crippen LogP contribution in [0.3, 0.4) is 0 Å². The Morgan fingerprint density at radius 1 is 1.03 bits per heavy atom. The highest BCUT2D eigenvalue weighted by Crippen LogP contribution is 2.32. The van der Waals surface area contributed by atoms with Gasteiger partial charge in [-0.2, -0.15) is 0 Å². The van der Waals surface area contributed by atoms with Crippen molar-refractivity contribution < 1.29 is 9.72 Å². The van der Waals surface area contributed by atoms with Crippen LogP contribution < -0.4 is 15.8 Å². The molecule has 1 aliphatic rings. The van der Waals surface area contributed by atoms with Gasteiger partial charge in [-0.1, -0.05) is 54.1 Å². The highest BCUT2D eigenvalue weighted by atomic mass is 35.5. The Hall–Kier alpha value is -3.76. The van der Waals surface area contributed by atoms with Crippen molar-refractivity contribution in [1.29, 1.82) is 0 Å². The second kappa shape index (κ2) is 10.2. The lowest BCUT2D eigenvalue weighted by Crippen LogP contribution is -2.46. The van der Waals surface area contributed by atoms with Crippen molar-refractivity contribution in [1.82, 2.24) is 20.3 Å². The third-order valence-corrected chi connectivity index (χ3v) is 5.65. The third-order valence-electron chi connectivity index (χ3n) is 5.32. The molecule has 2 heterocycles. The van der Waals surface area contributed by atoms with E-state index in [1.807, 2.05) is 23.1 Å². The van der Waals surface area contributed by atoms with E-state index in [2.05, 4.69) is 37.9 Å². The molecular formula is C22H22ClN7O3. The summed E-state index contributed by atoms with van der Waals surface area (Å²) in [6, 6.07) is 16.7. The quantitative estimate of drug-likeness (QED) is 0.402. The topological polar surface area (TPSA) is 117 Å². The number of hydrogen-bond acceptors (Lipinski definition) is 8. The van der Waals surface area contributed by atoms with E-state index >= 15 is 0 Å². The maximum Gasteiger partial charge on any atom is 0.355 e. The molecule has 11 heteroatoms. The number of amides is 1. The van der Waals surface area contributed by atoms with Gasteiger partial charge in [0.15, 0.2) is 0 Å². The van der Waals surface area contributed by atoms with E-state index in [1.54, 1.807) is 24.3 Å². The number of benzene rings is 2. The molecule has 3 aromatic rings. The zero-order valence-electron chi connectivity index (χ0n) is 17.6. The fourth-order valence-corrected chi connectivity index (χ4v) is 3.87. The van der Waals surface area contributed by atoms with Crippen LogP contribution in [0, 0.1) is 10.1 Å². The minimum Gasteiger partial charge on any atom is -0.348 e. The lowest BCUT2D eigenvalue weighted by Gasteiger charge is -2.35. The molecule has 10 nitrogen and oxygen atoms in total. The van der Waals surface area contributed by atoms with Gasteiger partial charge in [-0.3, -0.25) is 30.7 Å². The van der Waals surface area contributed by atoms with Crippen LogP contribution in [0.25, 0.3) is 0 Å². The number of piperazine rings is 1. The Morgan fingerprint density at radius 3 is 2.42 bits per heavy atom. The number of halogens is 1. The summed E-state index contributed by atoms with van der Waals surface area (Å²) < 4.78 is 0. The molecule has 1 aliphatic heterocycles. The Morgan fingerprint density at radius 2 is 1.73 bits per heavy atom. The van der Waals surface area contributed by atoms with Crippen LogP contribution in [-0.4, -0.2) is 51.9 Å². The Balaban J connectivity index is 1.45. The average molecular weight is 468 g/mol. The normalized spacial score (nSPS) is 14.0. The first-order chi connectivity index (χ1) is 16.0. The molecule has 1 saturated heterocycles. The van der Waals surface area contributed by atoms with Gasteiger partial charge in [-0.25, -0.2) is 9.97 Å². The fraction of sp³-hybridized carbons (Fsp3) is 0.227. The highest BCUT2D eigenvalue weighted by molar-refractivity contribution is 6.33. The van der Waals surface area contributed by atoms with E-state index in [0.29, 0.717) is 13.1 Å². The first-order valence-corrected chi connectivity index (χ1v) is 10.7. The van der Waals surface area contributed by atoms with E-state index in [9.17, 15) is 14.9 Å². The third kappa shape index (κ3) is 5.36. The van der Waals surface area contributed by atoms with Crippen LogP contribution in [0.15, 0.2) is 60.9 Å². The second-order valence-electron chi connectivity index (χ2n) is 7.46. The minimum absolute atomic E-state index is 0.0999. The van der Waals surface area contributed by atoms with E-state index in [4.69, 9.17) is 11.6 Å². The van der Waals surface area contributed by atoms with Gasteiger partial charge in [0.1, 0.15) is 6.33 Å². The summed E-state index contributed by atoms with van der Waals surface area (Å²) in [6.45, 7) is 3.46. The number of hydrazine groups is 1. The van der Waals surface area contributed by atoms with Crippen molar-refractivity contribution in [3.63, 3.8) is 0 Å². The Bertz CT molecular complexity index is 1140. The van der Waals surface area contributed by atoms with Crippen molar-refractivity contribution in [2.24, 2.45) is 0 Å². The first-order valence-electron chi connectivity index (χ1n) is 10.3. The summed E-state index contributed by atoms with van der Waals surface area (Å²) in [5.41, 5.74) is 6.13. The molecular weight excluding hydrogens is 446 g/mol. The SMILES string of the molecule is O=C(NNc1ncnc(N2CCN(Cc3ccccc3)CC2)c1[N+](=O)[O-])c1ccccc1Cl. The number of nitrogens with zero attached hydrogens (tertiary/aromatic N) is 5. The van der Waals surface area contributed by atoms with Gasteiger partial charge in [-0.05, 0) is 17.7 Å². The number of aromatic nitrogens is 2. The van der Waals surface area contributed by atoms with Crippen LogP contribution in [0.1, 0.15) is 15.9 Å². The second-order valence-corrected chi connectivity index (χ2v) is 7.87. The molecule has 33 heavy (non-hydrogen) atoms. The van der Waals surface area contributed by atoms with Gasteiger partial charge < -0.3 is 4.90 Å². The molecule has 2 aromatic carbocycles. The van der Waals surface area contributed by atoms with Gasteiger partial charge in [0, 0.05) is 32.7 Å². The number of rotatable bonds is 7. The van der Waals surface area contributed by atoms with Gasteiger partial charge >= 0.3 is 5.69 Å². The van der Waals surface area contributed by atoms with Crippen molar-refractivity contribution in [3.8, 4) is 0 Å². The molecule has 0 aliphatic carbocycles. The molecule has 0 unspecified atom stereocenters. The highest BCUT2D eigenvalue weighted by Gasteiger charge is 2.29. The number of carbonyl (C=O) groups excluding carboxylic acids is 1. The summed E-state index contributed by atoms with van der Waals surface area (Å²) in [5.74, 6) is -0.425. The van der Waals surface area contributed by atoms with E-state index < -0.39 is 10.8 Å². The zero-order valence-corrected chi connectivity index (χ0v) is 18.4. The molecule has 170 valence electrons. The Labute approximate surface area is 195 Å². The zero-order chi connectivity index (χ0) is 23.2. The predicted octanol–water partition coefficient (Wildman–Crippen LogP) is 3.12. The summed E-state index contributed by atoms with van der Waals surface area (Å²) in [6.07, 6.45) is 1.24. The molecule has 0 atom stereocenters. The monoisotopic (exact) mass is 467 g/mol. The summed E-state index contributed by atoms with van der Waals surface area (Å²) in [5, 5.41) is 12.1. The average Bonchev–Trinajstić information content (AvgIpc) is 2.83. The van der Waals surface area contributed by atoms with Crippen LogP contribution >= 0.6 is 11.6 Å². The summed E-state index contributed by atoms with van der Waals surface area (Å²) >= 11 is 6.04. The van der Waals surface area contributed by atoms with Crippen molar-refractivity contribution >= 4 is 34.8 Å². The molecule has 0 radical (unpaired) electrons. The van der Waals surface area contributed by atoms with Gasteiger partial charge in [-0.15, -0.1) is 0 Å². The van der Waals surface area contributed by atoms with Crippen LogP contribution in [0.4, 0.5) is 17.3 Å². The van der Waals surface area contributed by atoms with E-state index in [-0.39, 0.29) is 27.9 Å². The van der Waals surface area contributed by atoms with Gasteiger partial charge in [0.05, 0.1) is 15.5 Å². The lowest BCUT2D eigenvalue weighted by molar-refractivity contribution is -0.383. The molecule has 0 saturated carbocycles. The van der Waals surface area contributed by atoms with E-state index in [1.165, 1.54) is 11.9 Å². The molecule has 0 bridgehead atoms. The van der Waals surface area contributed by atoms with E-state index in [0.717, 1.165) is 19.6 Å². The lowest BCUT2D eigenvalue weighted by atomic mass is 10.2. The van der Waals surface area contributed by atoms with Crippen LogP contribution in [-0.2, 0) is 6.54 Å². The van der Waals surface area contributed by atoms with Gasteiger partial charge in [0.2, 0.25) is 11.6 Å². The smallest absolute Gasteiger partial charge is 0.348 e. The molecule has 0 spiro atoms.